The molecule has 0 radical (unpaired) electrons. The zero-order valence-corrected chi connectivity index (χ0v) is 13.5. The number of amides is 1. The number of para-hydroxylation sites is 1. The summed E-state index contributed by atoms with van der Waals surface area (Å²) in [4.78, 5) is 16.2. The number of alkyl halides is 2. The Kier molecular flexibility index (Phi) is 4.80. The summed E-state index contributed by atoms with van der Waals surface area (Å²) in [6.07, 6.45) is 1.38. The lowest BCUT2D eigenvalue weighted by molar-refractivity contribution is 0.0932. The fraction of sp³-hybridized carbons (Fsp3) is 0.176. The van der Waals surface area contributed by atoms with E-state index in [0.717, 1.165) is 11.0 Å². The number of fused-ring (bicyclic) bond motifs is 1. The SMILES string of the molecule is CC(NC(=O)c1cccnc1SC(F)F)c1cc2ccccc2o1. The van der Waals surface area contributed by atoms with Gasteiger partial charge in [0.05, 0.1) is 11.6 Å². The van der Waals surface area contributed by atoms with Crippen molar-refractivity contribution in [1.82, 2.24) is 10.3 Å². The van der Waals surface area contributed by atoms with Crippen LogP contribution >= 0.6 is 11.8 Å². The Labute approximate surface area is 141 Å². The van der Waals surface area contributed by atoms with Gasteiger partial charge in [-0.25, -0.2) is 4.98 Å². The highest BCUT2D eigenvalue weighted by Crippen LogP contribution is 2.27. The Morgan fingerprint density at radius 2 is 2.04 bits per heavy atom. The van der Waals surface area contributed by atoms with Crippen LogP contribution in [0.1, 0.15) is 29.1 Å². The maximum atomic E-state index is 12.6. The molecule has 7 heteroatoms. The van der Waals surface area contributed by atoms with Gasteiger partial charge in [-0.15, -0.1) is 0 Å². The predicted octanol–water partition coefficient (Wildman–Crippen LogP) is 4.63. The molecule has 2 heterocycles. The van der Waals surface area contributed by atoms with Gasteiger partial charge in [-0.05, 0) is 43.0 Å². The van der Waals surface area contributed by atoms with Crippen molar-refractivity contribution in [2.75, 3.05) is 0 Å². The van der Waals surface area contributed by atoms with Gasteiger partial charge in [0, 0.05) is 11.6 Å². The van der Waals surface area contributed by atoms with Gasteiger partial charge in [0.15, 0.2) is 0 Å². The van der Waals surface area contributed by atoms with Crippen molar-refractivity contribution < 1.29 is 18.0 Å². The van der Waals surface area contributed by atoms with Crippen LogP contribution in [0.25, 0.3) is 11.0 Å². The predicted molar refractivity (Wildman–Crippen MR) is 88.2 cm³/mol. The number of rotatable bonds is 5. The lowest BCUT2D eigenvalue weighted by atomic mass is 10.2. The van der Waals surface area contributed by atoms with Crippen LogP contribution in [-0.4, -0.2) is 16.6 Å². The Bertz CT molecular complexity index is 833. The van der Waals surface area contributed by atoms with Crippen molar-refractivity contribution in [3.05, 3.63) is 60.0 Å². The molecule has 1 aromatic carbocycles. The van der Waals surface area contributed by atoms with Crippen LogP contribution in [-0.2, 0) is 0 Å². The van der Waals surface area contributed by atoms with Gasteiger partial charge in [0.2, 0.25) is 0 Å². The normalized spacial score (nSPS) is 12.5. The molecule has 1 N–H and O–H groups in total. The third-order valence-corrected chi connectivity index (χ3v) is 4.16. The molecule has 3 rings (SSSR count). The maximum Gasteiger partial charge on any atom is 0.290 e. The first kappa shape index (κ1) is 16.4. The molecule has 0 saturated heterocycles. The standard InChI is InChI=1S/C17H14F2N2O2S/c1-10(14-9-11-5-2-3-7-13(11)23-14)21-15(22)12-6-4-8-20-16(12)24-17(18)19/h2-10,17H,1H3,(H,21,22). The van der Waals surface area contributed by atoms with E-state index in [4.69, 9.17) is 4.42 Å². The van der Waals surface area contributed by atoms with Crippen LogP contribution in [0.15, 0.2) is 58.1 Å². The highest BCUT2D eigenvalue weighted by molar-refractivity contribution is 7.99. The van der Waals surface area contributed by atoms with Crippen LogP contribution in [0, 0.1) is 0 Å². The fourth-order valence-corrected chi connectivity index (χ4v) is 2.88. The van der Waals surface area contributed by atoms with E-state index in [1.807, 2.05) is 30.3 Å². The Hall–Kier alpha value is -2.41. The molecule has 0 fully saturated rings. The second kappa shape index (κ2) is 7.00. The largest absolute Gasteiger partial charge is 0.459 e. The van der Waals surface area contributed by atoms with E-state index < -0.39 is 17.7 Å². The molecule has 1 atom stereocenters. The summed E-state index contributed by atoms with van der Waals surface area (Å²) < 4.78 is 30.9. The van der Waals surface area contributed by atoms with E-state index in [9.17, 15) is 13.6 Å². The Morgan fingerprint density at radius 1 is 1.25 bits per heavy atom. The van der Waals surface area contributed by atoms with Gasteiger partial charge in [0.25, 0.3) is 11.7 Å². The minimum atomic E-state index is -2.64. The summed E-state index contributed by atoms with van der Waals surface area (Å²) in [5, 5.41) is 3.69. The number of aromatic nitrogens is 1. The van der Waals surface area contributed by atoms with Crippen molar-refractivity contribution in [2.45, 2.75) is 23.7 Å². The van der Waals surface area contributed by atoms with E-state index in [2.05, 4.69) is 10.3 Å². The van der Waals surface area contributed by atoms with Crippen molar-refractivity contribution in [1.29, 1.82) is 0 Å². The molecule has 1 amide bonds. The molecule has 2 aromatic heterocycles. The summed E-state index contributed by atoms with van der Waals surface area (Å²) in [7, 11) is 0. The first-order valence-corrected chi connectivity index (χ1v) is 8.11. The Balaban J connectivity index is 1.79. The third-order valence-electron chi connectivity index (χ3n) is 3.44. The third kappa shape index (κ3) is 3.56. The van der Waals surface area contributed by atoms with Gasteiger partial charge in [0.1, 0.15) is 16.4 Å². The molecule has 0 bridgehead atoms. The molecule has 0 spiro atoms. The van der Waals surface area contributed by atoms with Crippen LogP contribution in [0.2, 0.25) is 0 Å². The van der Waals surface area contributed by atoms with Gasteiger partial charge < -0.3 is 9.73 Å². The molecular weight excluding hydrogens is 334 g/mol. The number of hydrogen-bond acceptors (Lipinski definition) is 4. The van der Waals surface area contributed by atoms with Crippen molar-refractivity contribution in [3.63, 3.8) is 0 Å². The van der Waals surface area contributed by atoms with Crippen LogP contribution in [0.4, 0.5) is 8.78 Å². The van der Waals surface area contributed by atoms with Gasteiger partial charge in [-0.3, -0.25) is 4.79 Å². The summed E-state index contributed by atoms with van der Waals surface area (Å²) in [5.41, 5.74) is 0.842. The number of nitrogens with one attached hydrogen (secondary N) is 1. The number of thioether (sulfide) groups is 1. The summed E-state index contributed by atoms with van der Waals surface area (Å²) in [6.45, 7) is 1.77. The quantitative estimate of drug-likeness (QED) is 0.683. The number of carbonyl (C=O) groups is 1. The van der Waals surface area contributed by atoms with Crippen LogP contribution < -0.4 is 5.32 Å². The van der Waals surface area contributed by atoms with E-state index in [0.29, 0.717) is 5.76 Å². The van der Waals surface area contributed by atoms with Crippen molar-refractivity contribution in [2.24, 2.45) is 0 Å². The summed E-state index contributed by atoms with van der Waals surface area (Å²) in [6, 6.07) is 12.0. The van der Waals surface area contributed by atoms with Gasteiger partial charge in [-0.1, -0.05) is 18.2 Å². The average molecular weight is 348 g/mol. The zero-order valence-electron chi connectivity index (χ0n) is 12.7. The van der Waals surface area contributed by atoms with Crippen molar-refractivity contribution >= 4 is 28.6 Å². The molecule has 0 aliphatic heterocycles. The van der Waals surface area contributed by atoms with E-state index in [-0.39, 0.29) is 22.4 Å². The molecule has 124 valence electrons. The molecule has 3 aromatic rings. The molecule has 24 heavy (non-hydrogen) atoms. The van der Waals surface area contributed by atoms with Gasteiger partial charge in [-0.2, -0.15) is 8.78 Å². The first-order chi connectivity index (χ1) is 11.5. The second-order valence-electron chi connectivity index (χ2n) is 5.12. The number of hydrogen-bond donors (Lipinski definition) is 1. The van der Waals surface area contributed by atoms with E-state index >= 15 is 0 Å². The number of furan rings is 1. The molecular formula is C17H14F2N2O2S. The summed E-state index contributed by atoms with van der Waals surface area (Å²) >= 11 is 0.251. The van der Waals surface area contributed by atoms with Gasteiger partial charge >= 0.3 is 0 Å². The maximum absolute atomic E-state index is 12.6. The highest BCUT2D eigenvalue weighted by Gasteiger charge is 2.20. The number of pyridine rings is 1. The minimum Gasteiger partial charge on any atom is -0.459 e. The number of carbonyl (C=O) groups excluding carboxylic acids is 1. The topological polar surface area (TPSA) is 55.1 Å². The van der Waals surface area contributed by atoms with Crippen LogP contribution in [0.3, 0.4) is 0 Å². The molecule has 0 aliphatic carbocycles. The number of nitrogens with zero attached hydrogens (tertiary/aromatic N) is 1. The summed E-state index contributed by atoms with van der Waals surface area (Å²) in [5.74, 6) is -2.52. The number of benzene rings is 1. The minimum absolute atomic E-state index is 0.00167. The van der Waals surface area contributed by atoms with Crippen LogP contribution in [0.5, 0.6) is 0 Å². The van der Waals surface area contributed by atoms with E-state index in [1.54, 1.807) is 6.92 Å². The molecule has 4 nitrogen and oxygen atoms in total. The lowest BCUT2D eigenvalue weighted by Crippen LogP contribution is -2.27. The molecule has 0 aliphatic rings. The van der Waals surface area contributed by atoms with E-state index in [1.165, 1.54) is 18.3 Å². The lowest BCUT2D eigenvalue weighted by Gasteiger charge is -2.13. The molecule has 0 saturated carbocycles. The molecule has 1 unspecified atom stereocenters. The van der Waals surface area contributed by atoms with Crippen molar-refractivity contribution in [3.8, 4) is 0 Å². The average Bonchev–Trinajstić information content (AvgIpc) is 2.99. The number of halogens is 2. The second-order valence-corrected chi connectivity index (χ2v) is 6.10. The zero-order chi connectivity index (χ0) is 17.1. The highest BCUT2D eigenvalue weighted by atomic mass is 32.2. The smallest absolute Gasteiger partial charge is 0.290 e. The Morgan fingerprint density at radius 3 is 2.79 bits per heavy atom. The monoisotopic (exact) mass is 348 g/mol. The fourth-order valence-electron chi connectivity index (χ4n) is 2.30. The first-order valence-electron chi connectivity index (χ1n) is 7.24.